The van der Waals surface area contributed by atoms with E-state index >= 15 is 0 Å². The normalized spacial score (nSPS) is 26.5. The van der Waals surface area contributed by atoms with E-state index in [0.29, 0.717) is 0 Å². The lowest BCUT2D eigenvalue weighted by atomic mass is 9.76. The molecule has 0 saturated heterocycles. The maximum atomic E-state index is 6.49. The zero-order chi connectivity index (χ0) is 27.8. The van der Waals surface area contributed by atoms with E-state index in [0.717, 1.165) is 31.1 Å². The zero-order valence-corrected chi connectivity index (χ0v) is 26.3. The van der Waals surface area contributed by atoms with Crippen LogP contribution in [0.5, 0.6) is 5.75 Å². The fraction of sp³-hybridized carbons (Fsp3) is 0.784. The molecule has 0 spiro atoms. The molecule has 0 aromatic heterocycles. The summed E-state index contributed by atoms with van der Waals surface area (Å²) >= 11 is 0. The van der Waals surface area contributed by atoms with Gasteiger partial charge < -0.3 is 4.84 Å². The molecule has 0 amide bonds. The van der Waals surface area contributed by atoms with Gasteiger partial charge in [0.2, 0.25) is 0 Å². The van der Waals surface area contributed by atoms with Crippen molar-refractivity contribution >= 4 is 0 Å². The van der Waals surface area contributed by atoms with Crippen molar-refractivity contribution in [2.75, 3.05) is 0 Å². The second-order valence-electron chi connectivity index (χ2n) is 13.1. The number of nitrogens with one attached hydrogen (secondary N) is 1. The molecular formula is C37H63NO. The summed E-state index contributed by atoms with van der Waals surface area (Å²) < 4.78 is 0. The molecule has 1 N–H and O–H groups in total. The van der Waals surface area contributed by atoms with E-state index in [4.69, 9.17) is 4.84 Å². The molecule has 0 radical (unpaired) electrons. The number of benzene rings is 1. The minimum Gasteiger partial charge on any atom is -0.407 e. The van der Waals surface area contributed by atoms with Crippen LogP contribution in [-0.2, 0) is 18.4 Å². The molecule has 1 aliphatic carbocycles. The molecule has 1 aromatic carbocycles. The lowest BCUT2D eigenvalue weighted by Crippen LogP contribution is -2.38. The lowest BCUT2D eigenvalue weighted by molar-refractivity contribution is 0.109. The van der Waals surface area contributed by atoms with Crippen LogP contribution in [0.3, 0.4) is 0 Å². The topological polar surface area (TPSA) is 21.3 Å². The molecule has 0 fully saturated rings. The SMILES string of the molecule is C=CCc1cc2c3c(c1)C(CCC)(CCCCCCCCCCCCCCCCC(CC)C(CCC)C2)NO3. The molecule has 3 unspecified atom stereocenters. The van der Waals surface area contributed by atoms with Crippen LogP contribution < -0.4 is 10.3 Å². The third-order valence-corrected chi connectivity index (χ3v) is 9.91. The highest BCUT2D eigenvalue weighted by molar-refractivity contribution is 5.51. The van der Waals surface area contributed by atoms with Gasteiger partial charge in [-0.25, -0.2) is 0 Å². The van der Waals surface area contributed by atoms with Crippen molar-refractivity contribution in [1.82, 2.24) is 5.48 Å². The highest BCUT2D eigenvalue weighted by Gasteiger charge is 2.41. The van der Waals surface area contributed by atoms with Crippen molar-refractivity contribution in [3.63, 3.8) is 0 Å². The van der Waals surface area contributed by atoms with Crippen LogP contribution in [0.4, 0.5) is 0 Å². The molecule has 3 atom stereocenters. The van der Waals surface area contributed by atoms with Gasteiger partial charge in [0.15, 0.2) is 5.75 Å². The highest BCUT2D eigenvalue weighted by atomic mass is 16.7. The molecular weight excluding hydrogens is 474 g/mol. The summed E-state index contributed by atoms with van der Waals surface area (Å²) in [4.78, 5) is 6.49. The second-order valence-corrected chi connectivity index (χ2v) is 13.1. The van der Waals surface area contributed by atoms with Gasteiger partial charge in [-0.3, -0.25) is 0 Å². The first kappa shape index (κ1) is 32.2. The van der Waals surface area contributed by atoms with Crippen molar-refractivity contribution < 1.29 is 4.84 Å². The summed E-state index contributed by atoms with van der Waals surface area (Å²) in [5, 5.41) is 0. The van der Waals surface area contributed by atoms with E-state index in [9.17, 15) is 0 Å². The molecule has 2 aliphatic rings. The van der Waals surface area contributed by atoms with Gasteiger partial charge in [-0.15, -0.1) is 12.1 Å². The van der Waals surface area contributed by atoms with Crippen LogP contribution in [0.15, 0.2) is 24.8 Å². The summed E-state index contributed by atoms with van der Waals surface area (Å²) in [6, 6.07) is 4.92. The quantitative estimate of drug-likeness (QED) is 0.349. The van der Waals surface area contributed by atoms with Gasteiger partial charge >= 0.3 is 0 Å². The van der Waals surface area contributed by atoms with E-state index in [1.807, 2.05) is 0 Å². The van der Waals surface area contributed by atoms with Gasteiger partial charge in [0, 0.05) is 5.56 Å². The molecule has 4 bridgehead atoms. The third kappa shape index (κ3) is 9.94. The largest absolute Gasteiger partial charge is 0.407 e. The molecule has 1 aromatic rings. The Morgan fingerprint density at radius 3 is 2.00 bits per heavy atom. The van der Waals surface area contributed by atoms with Gasteiger partial charge in [-0.1, -0.05) is 155 Å². The Hall–Kier alpha value is -1.28. The number of hydrogen-bond donors (Lipinski definition) is 1. The standard InChI is InChI=1S/C37H63NO/c1-5-23-31-28-34-30-33(24-6-2)32(8-4)25-21-19-17-15-13-11-9-10-12-14-16-18-20-22-27-37(26-7-3)35(29-31)36(34)39-38-37/h5,28-29,32-33,38H,1,6-27,30H2,2-4H3. The van der Waals surface area contributed by atoms with Gasteiger partial charge in [-0.05, 0) is 54.7 Å². The van der Waals surface area contributed by atoms with Crippen molar-refractivity contribution in [2.45, 2.75) is 174 Å². The Morgan fingerprint density at radius 1 is 0.821 bits per heavy atom. The van der Waals surface area contributed by atoms with Crippen LogP contribution in [0, 0.1) is 11.8 Å². The summed E-state index contributed by atoms with van der Waals surface area (Å²) in [6.07, 6.45) is 32.8. The first-order valence-electron chi connectivity index (χ1n) is 17.4. The van der Waals surface area contributed by atoms with Crippen LogP contribution in [0.25, 0.3) is 0 Å². The van der Waals surface area contributed by atoms with Crippen molar-refractivity contribution in [2.24, 2.45) is 11.8 Å². The van der Waals surface area contributed by atoms with Crippen molar-refractivity contribution in [3.8, 4) is 5.75 Å². The van der Waals surface area contributed by atoms with Gasteiger partial charge in [0.05, 0.1) is 5.54 Å². The monoisotopic (exact) mass is 537 g/mol. The fourth-order valence-corrected chi connectivity index (χ4v) is 7.68. The van der Waals surface area contributed by atoms with E-state index < -0.39 is 0 Å². The van der Waals surface area contributed by atoms with Crippen LogP contribution in [-0.4, -0.2) is 0 Å². The second kappa shape index (κ2) is 18.2. The molecule has 0 saturated carbocycles. The first-order chi connectivity index (χ1) is 19.2. The zero-order valence-electron chi connectivity index (χ0n) is 26.3. The summed E-state index contributed by atoms with van der Waals surface area (Å²) in [5.41, 5.74) is 7.92. The predicted octanol–water partition coefficient (Wildman–Crippen LogP) is 11.5. The number of rotatable bonds is 7. The average molecular weight is 538 g/mol. The maximum absolute atomic E-state index is 6.49. The molecule has 1 aliphatic heterocycles. The predicted molar refractivity (Wildman–Crippen MR) is 170 cm³/mol. The fourth-order valence-electron chi connectivity index (χ4n) is 7.68. The molecule has 3 rings (SSSR count). The smallest absolute Gasteiger partial charge is 0.155 e. The molecule has 2 heteroatoms. The lowest BCUT2D eigenvalue weighted by Gasteiger charge is -2.29. The summed E-state index contributed by atoms with van der Waals surface area (Å²) in [5.74, 6) is 2.74. The molecule has 39 heavy (non-hydrogen) atoms. The van der Waals surface area contributed by atoms with Gasteiger partial charge in [0.25, 0.3) is 0 Å². The molecule has 2 nitrogen and oxygen atoms in total. The van der Waals surface area contributed by atoms with Gasteiger partial charge in [0.1, 0.15) is 0 Å². The Kier molecular flexibility index (Phi) is 15.1. The minimum absolute atomic E-state index is 0.0321. The van der Waals surface area contributed by atoms with Crippen LogP contribution >= 0.6 is 0 Å². The first-order valence-corrected chi connectivity index (χ1v) is 17.4. The summed E-state index contributed by atoms with van der Waals surface area (Å²) in [7, 11) is 0. The highest BCUT2D eigenvalue weighted by Crippen LogP contribution is 2.46. The van der Waals surface area contributed by atoms with Crippen molar-refractivity contribution in [3.05, 3.63) is 41.5 Å². The summed E-state index contributed by atoms with van der Waals surface area (Å²) in [6.45, 7) is 11.2. The van der Waals surface area contributed by atoms with E-state index in [1.54, 1.807) is 0 Å². The number of hydrogen-bond acceptors (Lipinski definition) is 2. The Balaban J connectivity index is 1.86. The molecule has 222 valence electrons. The van der Waals surface area contributed by atoms with E-state index in [2.05, 4.69) is 51.0 Å². The van der Waals surface area contributed by atoms with Crippen molar-refractivity contribution in [1.29, 1.82) is 0 Å². The Labute approximate surface area is 243 Å². The Bertz CT molecular complexity index is 816. The van der Waals surface area contributed by atoms with E-state index in [1.165, 1.54) is 151 Å². The van der Waals surface area contributed by atoms with Gasteiger partial charge in [-0.2, -0.15) is 0 Å². The third-order valence-electron chi connectivity index (χ3n) is 9.91. The molecule has 1 heterocycles. The van der Waals surface area contributed by atoms with Crippen LogP contribution in [0.1, 0.15) is 172 Å². The average Bonchev–Trinajstić information content (AvgIpc) is 3.28. The Morgan fingerprint density at radius 2 is 1.44 bits per heavy atom. The number of hydroxylamine groups is 1. The maximum Gasteiger partial charge on any atom is 0.155 e. The number of allylic oxidation sites excluding steroid dienone is 1. The van der Waals surface area contributed by atoms with E-state index in [-0.39, 0.29) is 5.54 Å². The minimum atomic E-state index is -0.0321. The van der Waals surface area contributed by atoms with Crippen LogP contribution in [0.2, 0.25) is 0 Å².